The number of hydrogen-bond donors (Lipinski definition) is 1. The molecule has 1 aliphatic heterocycles. The van der Waals surface area contributed by atoms with Crippen LogP contribution in [0.2, 0.25) is 0 Å². The normalized spacial score (nSPS) is 20.2. The predicted octanol–water partition coefficient (Wildman–Crippen LogP) is 1.57. The molecule has 102 valence electrons. The van der Waals surface area contributed by atoms with Gasteiger partial charge in [0.2, 0.25) is 11.8 Å². The van der Waals surface area contributed by atoms with Crippen LogP contribution in [0.4, 0.5) is 0 Å². The first-order valence-electron chi connectivity index (χ1n) is 6.48. The lowest BCUT2D eigenvalue weighted by atomic mass is 9.83. The number of aromatic nitrogens is 2. The highest BCUT2D eigenvalue weighted by Gasteiger charge is 2.43. The van der Waals surface area contributed by atoms with E-state index in [-0.39, 0.29) is 11.3 Å². The highest BCUT2D eigenvalue weighted by Crippen LogP contribution is 2.30. The predicted molar refractivity (Wildman–Crippen MR) is 68.1 cm³/mol. The molecular weight excluding hydrogens is 230 g/mol. The van der Waals surface area contributed by atoms with Crippen molar-refractivity contribution in [3.8, 4) is 0 Å². The molecule has 18 heavy (non-hydrogen) atoms. The maximum Gasteiger partial charge on any atom is 0.230 e. The van der Waals surface area contributed by atoms with Crippen LogP contribution in [0.3, 0.4) is 0 Å². The van der Waals surface area contributed by atoms with Crippen molar-refractivity contribution in [3.63, 3.8) is 0 Å². The van der Waals surface area contributed by atoms with Crippen LogP contribution in [0.15, 0.2) is 4.42 Å². The largest absolute Gasteiger partial charge is 0.423 e. The van der Waals surface area contributed by atoms with Gasteiger partial charge in [0.25, 0.3) is 0 Å². The maximum absolute atomic E-state index is 10.2. The molecule has 1 N–H and O–H groups in total. The summed E-state index contributed by atoms with van der Waals surface area (Å²) in [6.45, 7) is 12.2. The number of nitrogens with zero attached hydrogens (tertiary/aromatic N) is 3. The Labute approximate surface area is 108 Å². The van der Waals surface area contributed by atoms with E-state index in [1.165, 1.54) is 0 Å². The number of aliphatic hydroxyl groups is 1. The van der Waals surface area contributed by atoms with Crippen molar-refractivity contribution >= 4 is 0 Å². The number of β-amino-alcohol motifs (C(OH)–C–C–N with tert-alkyl or cyclic N) is 1. The van der Waals surface area contributed by atoms with E-state index >= 15 is 0 Å². The van der Waals surface area contributed by atoms with E-state index in [1.807, 2.05) is 34.6 Å². The zero-order chi connectivity index (χ0) is 13.6. The van der Waals surface area contributed by atoms with Gasteiger partial charge >= 0.3 is 0 Å². The smallest absolute Gasteiger partial charge is 0.230 e. The zero-order valence-corrected chi connectivity index (χ0v) is 11.9. The summed E-state index contributed by atoms with van der Waals surface area (Å²) >= 11 is 0. The summed E-state index contributed by atoms with van der Waals surface area (Å²) in [6, 6.07) is 0. The average Bonchev–Trinajstić information content (AvgIpc) is 2.62. The first-order valence-corrected chi connectivity index (χ1v) is 6.48. The monoisotopic (exact) mass is 253 g/mol. The molecule has 0 radical (unpaired) electrons. The second-order valence-electron chi connectivity index (χ2n) is 6.65. The third-order valence-electron chi connectivity index (χ3n) is 3.54. The fraction of sp³-hybridized carbons (Fsp3) is 0.846. The van der Waals surface area contributed by atoms with Crippen LogP contribution in [0.1, 0.15) is 46.4 Å². The van der Waals surface area contributed by atoms with Crippen molar-refractivity contribution in [2.75, 3.05) is 13.1 Å². The minimum absolute atomic E-state index is 0.112. The molecule has 0 amide bonds. The Kier molecular flexibility index (Phi) is 3.23. The van der Waals surface area contributed by atoms with Crippen molar-refractivity contribution in [1.29, 1.82) is 0 Å². The zero-order valence-electron chi connectivity index (χ0n) is 11.9. The van der Waals surface area contributed by atoms with Crippen LogP contribution >= 0.6 is 0 Å². The SMILES string of the molecule is CC(C)C1(O)CN(Cc2nnc(C(C)(C)C)o2)C1. The van der Waals surface area contributed by atoms with E-state index in [2.05, 4.69) is 15.1 Å². The second-order valence-corrected chi connectivity index (χ2v) is 6.65. The van der Waals surface area contributed by atoms with Gasteiger partial charge < -0.3 is 9.52 Å². The van der Waals surface area contributed by atoms with Crippen molar-refractivity contribution in [1.82, 2.24) is 15.1 Å². The first kappa shape index (κ1) is 13.5. The minimum Gasteiger partial charge on any atom is -0.423 e. The van der Waals surface area contributed by atoms with E-state index in [0.717, 1.165) is 0 Å². The molecule has 2 rings (SSSR count). The molecule has 0 unspecified atom stereocenters. The summed E-state index contributed by atoms with van der Waals surface area (Å²) in [4.78, 5) is 2.12. The van der Waals surface area contributed by atoms with Crippen LogP contribution in [0.5, 0.6) is 0 Å². The van der Waals surface area contributed by atoms with Gasteiger partial charge in [0.1, 0.15) is 0 Å². The van der Waals surface area contributed by atoms with Gasteiger partial charge in [0, 0.05) is 18.5 Å². The number of likely N-dealkylation sites (tertiary alicyclic amines) is 1. The maximum atomic E-state index is 10.2. The molecule has 0 aromatic carbocycles. The molecule has 0 atom stereocenters. The Morgan fingerprint density at radius 3 is 2.39 bits per heavy atom. The molecule has 0 spiro atoms. The summed E-state index contributed by atoms with van der Waals surface area (Å²) in [6.07, 6.45) is 0. The minimum atomic E-state index is -0.549. The third-order valence-corrected chi connectivity index (χ3v) is 3.54. The van der Waals surface area contributed by atoms with Crippen molar-refractivity contribution < 1.29 is 9.52 Å². The topological polar surface area (TPSA) is 62.4 Å². The van der Waals surface area contributed by atoms with E-state index in [9.17, 15) is 5.11 Å². The average molecular weight is 253 g/mol. The fourth-order valence-electron chi connectivity index (χ4n) is 2.02. The third kappa shape index (κ3) is 2.57. The molecule has 1 fully saturated rings. The molecule has 1 aromatic heterocycles. The summed E-state index contributed by atoms with van der Waals surface area (Å²) in [5.74, 6) is 1.57. The quantitative estimate of drug-likeness (QED) is 0.886. The highest BCUT2D eigenvalue weighted by atomic mass is 16.4. The molecule has 0 aliphatic carbocycles. The molecule has 1 aromatic rings. The van der Waals surface area contributed by atoms with Crippen LogP contribution in [-0.2, 0) is 12.0 Å². The van der Waals surface area contributed by atoms with Gasteiger partial charge in [-0.1, -0.05) is 34.6 Å². The molecule has 2 heterocycles. The standard InChI is InChI=1S/C13H23N3O2/c1-9(2)13(17)7-16(8-13)6-10-14-15-11(18-10)12(3,4)5/h9,17H,6-8H2,1-5H3. The molecule has 0 bridgehead atoms. The van der Waals surface area contributed by atoms with E-state index in [4.69, 9.17) is 4.42 Å². The molecule has 1 saturated heterocycles. The van der Waals surface area contributed by atoms with Crippen LogP contribution in [0.25, 0.3) is 0 Å². The van der Waals surface area contributed by atoms with E-state index in [1.54, 1.807) is 0 Å². The molecule has 1 aliphatic rings. The Morgan fingerprint density at radius 2 is 1.94 bits per heavy atom. The summed E-state index contributed by atoms with van der Waals surface area (Å²) in [5, 5.41) is 18.3. The highest BCUT2D eigenvalue weighted by molar-refractivity contribution is 5.00. The van der Waals surface area contributed by atoms with Gasteiger partial charge in [-0.05, 0) is 5.92 Å². The summed E-state index contributed by atoms with van der Waals surface area (Å²) in [7, 11) is 0. The van der Waals surface area contributed by atoms with Crippen molar-refractivity contribution in [2.45, 2.75) is 52.2 Å². The molecule has 5 nitrogen and oxygen atoms in total. The number of hydrogen-bond acceptors (Lipinski definition) is 5. The Hall–Kier alpha value is -0.940. The lowest BCUT2D eigenvalue weighted by Gasteiger charge is -2.48. The van der Waals surface area contributed by atoms with Gasteiger partial charge in [-0.15, -0.1) is 10.2 Å². The van der Waals surface area contributed by atoms with E-state index < -0.39 is 5.60 Å². The van der Waals surface area contributed by atoms with Crippen LogP contribution in [0, 0.1) is 5.92 Å². The Morgan fingerprint density at radius 1 is 1.33 bits per heavy atom. The van der Waals surface area contributed by atoms with Gasteiger partial charge in [-0.3, -0.25) is 4.90 Å². The molecular formula is C13H23N3O2. The van der Waals surface area contributed by atoms with E-state index in [0.29, 0.717) is 31.4 Å². The lowest BCUT2D eigenvalue weighted by Crippen LogP contribution is -2.63. The lowest BCUT2D eigenvalue weighted by molar-refractivity contribution is -0.132. The van der Waals surface area contributed by atoms with Crippen molar-refractivity contribution in [3.05, 3.63) is 11.8 Å². The second kappa shape index (κ2) is 4.31. The summed E-state index contributed by atoms with van der Waals surface area (Å²) < 4.78 is 5.64. The van der Waals surface area contributed by atoms with Gasteiger partial charge in [0.05, 0.1) is 12.1 Å². The molecule has 0 saturated carbocycles. The van der Waals surface area contributed by atoms with Crippen molar-refractivity contribution in [2.24, 2.45) is 5.92 Å². The van der Waals surface area contributed by atoms with Crippen LogP contribution in [-0.4, -0.2) is 38.9 Å². The fourth-order valence-corrected chi connectivity index (χ4v) is 2.02. The summed E-state index contributed by atoms with van der Waals surface area (Å²) in [5.41, 5.74) is -0.661. The first-order chi connectivity index (χ1) is 8.21. The molecule has 5 heteroatoms. The van der Waals surface area contributed by atoms with Gasteiger partial charge in [-0.2, -0.15) is 0 Å². The van der Waals surface area contributed by atoms with Gasteiger partial charge in [-0.25, -0.2) is 0 Å². The Balaban J connectivity index is 1.91. The Bertz CT molecular complexity index is 414. The number of rotatable bonds is 3. The van der Waals surface area contributed by atoms with Crippen LogP contribution < -0.4 is 0 Å². The van der Waals surface area contributed by atoms with Gasteiger partial charge in [0.15, 0.2) is 0 Å².